The van der Waals surface area contributed by atoms with E-state index in [1.807, 2.05) is 46.3 Å². The number of non-ortho nitro benzene ring substituents is 1. The number of amides is 1. The molecular weight excluding hydrogens is 449 g/mol. The molecule has 0 aliphatic rings. The van der Waals surface area contributed by atoms with Crippen LogP contribution in [0.3, 0.4) is 0 Å². The van der Waals surface area contributed by atoms with Crippen LogP contribution in [-0.4, -0.2) is 25.4 Å². The molecule has 0 saturated heterocycles. The van der Waals surface area contributed by atoms with Crippen LogP contribution in [0.2, 0.25) is 0 Å². The van der Waals surface area contributed by atoms with Crippen molar-refractivity contribution < 1.29 is 9.72 Å². The maximum atomic E-state index is 12.4. The highest BCUT2D eigenvalue weighted by Gasteiger charge is 2.15. The number of nitrogens with one attached hydrogen (secondary N) is 1. The molecule has 1 N–H and O–H groups in total. The van der Waals surface area contributed by atoms with Gasteiger partial charge in [-0.1, -0.05) is 0 Å². The Morgan fingerprint density at radius 1 is 1.27 bits per heavy atom. The number of aromatic nitrogens is 3. The number of nitrogens with zero attached hydrogens (tertiary/aromatic N) is 4. The van der Waals surface area contributed by atoms with Gasteiger partial charge in [0, 0.05) is 40.8 Å². The molecule has 2 aromatic heterocycles. The predicted molar refractivity (Wildman–Crippen MR) is 103 cm³/mol. The zero-order chi connectivity index (χ0) is 18.7. The second-order valence-electron chi connectivity index (χ2n) is 5.47. The van der Waals surface area contributed by atoms with Gasteiger partial charge in [0.1, 0.15) is 11.6 Å². The second-order valence-corrected chi connectivity index (χ2v) is 6.63. The van der Waals surface area contributed by atoms with Crippen LogP contribution in [0.1, 0.15) is 21.7 Å². The smallest absolute Gasteiger partial charge is 0.270 e. The SMILES string of the molecule is Cc1nccn1-c1cc(CNC(=O)c2cc([N+](=O)[O-])ccc2I)ccn1. The van der Waals surface area contributed by atoms with Gasteiger partial charge >= 0.3 is 0 Å². The van der Waals surface area contributed by atoms with Gasteiger partial charge in [0.15, 0.2) is 0 Å². The molecule has 132 valence electrons. The molecule has 0 aliphatic heterocycles. The lowest BCUT2D eigenvalue weighted by atomic mass is 10.2. The number of halogens is 1. The van der Waals surface area contributed by atoms with E-state index in [0.29, 0.717) is 9.39 Å². The second kappa shape index (κ2) is 7.60. The molecule has 0 atom stereocenters. The Labute approximate surface area is 162 Å². The molecule has 3 rings (SSSR count). The number of rotatable bonds is 5. The van der Waals surface area contributed by atoms with Crippen molar-refractivity contribution in [1.29, 1.82) is 0 Å². The molecule has 26 heavy (non-hydrogen) atoms. The third kappa shape index (κ3) is 3.87. The normalized spacial score (nSPS) is 10.5. The van der Waals surface area contributed by atoms with Gasteiger partial charge in [-0.05, 0) is 53.3 Å². The number of aryl methyl sites for hydroxylation is 1. The summed E-state index contributed by atoms with van der Waals surface area (Å²) in [6, 6.07) is 7.87. The molecule has 0 bridgehead atoms. The lowest BCUT2D eigenvalue weighted by Crippen LogP contribution is -2.24. The van der Waals surface area contributed by atoms with E-state index in [-0.39, 0.29) is 23.7 Å². The summed E-state index contributed by atoms with van der Waals surface area (Å²) in [5.41, 5.74) is 1.02. The maximum absolute atomic E-state index is 12.4. The topological polar surface area (TPSA) is 103 Å². The molecule has 0 radical (unpaired) electrons. The Morgan fingerprint density at radius 3 is 2.77 bits per heavy atom. The quantitative estimate of drug-likeness (QED) is 0.356. The third-order valence-electron chi connectivity index (χ3n) is 3.74. The summed E-state index contributed by atoms with van der Waals surface area (Å²) in [7, 11) is 0. The Morgan fingerprint density at radius 2 is 2.08 bits per heavy atom. The van der Waals surface area contributed by atoms with Crippen LogP contribution in [0.5, 0.6) is 0 Å². The molecule has 0 fully saturated rings. The number of hydrogen-bond donors (Lipinski definition) is 1. The van der Waals surface area contributed by atoms with Crippen LogP contribution < -0.4 is 5.32 Å². The standard InChI is InChI=1S/C17H14IN5O3/c1-11-19-6-7-22(11)16-8-12(4-5-20-16)10-21-17(24)14-9-13(23(25)26)2-3-15(14)18/h2-9H,10H2,1H3,(H,21,24). The summed E-state index contributed by atoms with van der Waals surface area (Å²) in [4.78, 5) is 31.3. The first kappa shape index (κ1) is 18.0. The highest BCUT2D eigenvalue weighted by Crippen LogP contribution is 2.19. The predicted octanol–water partition coefficient (Wildman–Crippen LogP) is 3.02. The number of nitro groups is 1. The fourth-order valence-electron chi connectivity index (χ4n) is 2.40. The van der Waals surface area contributed by atoms with Crippen molar-refractivity contribution in [2.45, 2.75) is 13.5 Å². The zero-order valence-corrected chi connectivity index (χ0v) is 15.9. The Bertz CT molecular complexity index is 986. The Hall–Kier alpha value is -2.82. The molecule has 0 saturated carbocycles. The van der Waals surface area contributed by atoms with E-state index in [1.54, 1.807) is 24.5 Å². The van der Waals surface area contributed by atoms with E-state index in [0.717, 1.165) is 11.4 Å². The van der Waals surface area contributed by atoms with Gasteiger partial charge < -0.3 is 5.32 Å². The van der Waals surface area contributed by atoms with E-state index >= 15 is 0 Å². The van der Waals surface area contributed by atoms with Gasteiger partial charge in [0.2, 0.25) is 0 Å². The molecule has 0 spiro atoms. The van der Waals surface area contributed by atoms with Crippen molar-refractivity contribution in [3.8, 4) is 5.82 Å². The van der Waals surface area contributed by atoms with Gasteiger partial charge in [0.05, 0.1) is 10.5 Å². The fraction of sp³-hybridized carbons (Fsp3) is 0.118. The Kier molecular flexibility index (Phi) is 5.26. The van der Waals surface area contributed by atoms with Gasteiger partial charge in [-0.2, -0.15) is 0 Å². The van der Waals surface area contributed by atoms with Crippen LogP contribution in [0.15, 0.2) is 48.9 Å². The highest BCUT2D eigenvalue weighted by atomic mass is 127. The minimum absolute atomic E-state index is 0.114. The zero-order valence-electron chi connectivity index (χ0n) is 13.7. The highest BCUT2D eigenvalue weighted by molar-refractivity contribution is 14.1. The summed E-state index contributed by atoms with van der Waals surface area (Å²) in [6.07, 6.45) is 5.16. The monoisotopic (exact) mass is 463 g/mol. The molecule has 9 heteroatoms. The van der Waals surface area contributed by atoms with Crippen LogP contribution in [0.25, 0.3) is 5.82 Å². The molecular formula is C17H14IN5O3. The Balaban J connectivity index is 1.75. The minimum Gasteiger partial charge on any atom is -0.348 e. The van der Waals surface area contributed by atoms with Gasteiger partial charge in [-0.15, -0.1) is 0 Å². The summed E-state index contributed by atoms with van der Waals surface area (Å²) in [6.45, 7) is 2.15. The van der Waals surface area contributed by atoms with Crippen molar-refractivity contribution in [3.63, 3.8) is 0 Å². The van der Waals surface area contributed by atoms with E-state index < -0.39 is 4.92 Å². The first-order chi connectivity index (χ1) is 12.5. The largest absolute Gasteiger partial charge is 0.348 e. The van der Waals surface area contributed by atoms with Crippen molar-refractivity contribution in [3.05, 3.63) is 79.6 Å². The molecule has 0 unspecified atom stereocenters. The molecule has 3 aromatic rings. The lowest BCUT2D eigenvalue weighted by molar-refractivity contribution is -0.384. The molecule has 8 nitrogen and oxygen atoms in total. The minimum atomic E-state index is -0.518. The first-order valence-corrected chi connectivity index (χ1v) is 8.71. The van der Waals surface area contributed by atoms with Crippen molar-refractivity contribution >= 4 is 34.2 Å². The van der Waals surface area contributed by atoms with Crippen molar-refractivity contribution in [1.82, 2.24) is 19.9 Å². The number of carbonyl (C=O) groups is 1. The van der Waals surface area contributed by atoms with E-state index in [4.69, 9.17) is 0 Å². The van der Waals surface area contributed by atoms with E-state index in [1.165, 1.54) is 12.1 Å². The van der Waals surface area contributed by atoms with E-state index in [9.17, 15) is 14.9 Å². The number of imidazole rings is 1. The van der Waals surface area contributed by atoms with Gasteiger partial charge in [0.25, 0.3) is 11.6 Å². The van der Waals surface area contributed by atoms with Gasteiger partial charge in [-0.3, -0.25) is 19.5 Å². The summed E-state index contributed by atoms with van der Waals surface area (Å²) in [5, 5.41) is 13.7. The number of nitro benzene ring substituents is 1. The lowest BCUT2D eigenvalue weighted by Gasteiger charge is -2.09. The van der Waals surface area contributed by atoms with Gasteiger partial charge in [-0.25, -0.2) is 9.97 Å². The summed E-state index contributed by atoms with van der Waals surface area (Å²) in [5.74, 6) is 1.15. The third-order valence-corrected chi connectivity index (χ3v) is 4.68. The fourth-order valence-corrected chi connectivity index (χ4v) is 2.98. The van der Waals surface area contributed by atoms with E-state index in [2.05, 4.69) is 15.3 Å². The number of carbonyl (C=O) groups excluding carboxylic acids is 1. The first-order valence-electron chi connectivity index (χ1n) is 7.63. The maximum Gasteiger partial charge on any atom is 0.270 e. The van der Waals surface area contributed by atoms with Crippen LogP contribution >= 0.6 is 22.6 Å². The molecule has 1 aromatic carbocycles. The molecule has 1 amide bonds. The average molecular weight is 463 g/mol. The van der Waals surface area contributed by atoms with Crippen molar-refractivity contribution in [2.75, 3.05) is 0 Å². The molecule has 0 aliphatic carbocycles. The average Bonchev–Trinajstić information content (AvgIpc) is 3.06. The number of pyridine rings is 1. The molecule has 2 heterocycles. The number of benzene rings is 1. The summed E-state index contributed by atoms with van der Waals surface area (Å²) < 4.78 is 2.49. The van der Waals surface area contributed by atoms with Crippen LogP contribution in [-0.2, 0) is 6.54 Å². The van der Waals surface area contributed by atoms with Crippen molar-refractivity contribution in [2.24, 2.45) is 0 Å². The number of hydrogen-bond acceptors (Lipinski definition) is 5. The summed E-state index contributed by atoms with van der Waals surface area (Å²) >= 11 is 1.98. The van der Waals surface area contributed by atoms with Crippen LogP contribution in [0.4, 0.5) is 5.69 Å². The van der Waals surface area contributed by atoms with Crippen LogP contribution in [0, 0.1) is 20.6 Å².